The highest BCUT2D eigenvalue weighted by Crippen LogP contribution is 2.37. The monoisotopic (exact) mass is 1400 g/mol. The van der Waals surface area contributed by atoms with Gasteiger partial charge < -0.3 is 50.1 Å². The first kappa shape index (κ1) is 72.5. The molecule has 23 nitrogen and oxygen atoms in total. The number of hydrogen-bond acceptors (Lipinski definition) is 19. The van der Waals surface area contributed by atoms with E-state index in [9.17, 15) is 9.59 Å². The van der Waals surface area contributed by atoms with E-state index in [1.807, 2.05) is 95.3 Å². The molecule has 11 rings (SSSR count). The van der Waals surface area contributed by atoms with Crippen LogP contribution in [0.4, 0.5) is 27.3 Å². The van der Waals surface area contributed by atoms with Gasteiger partial charge in [0.05, 0.1) is 48.9 Å². The second-order valence-corrected chi connectivity index (χ2v) is 26.1. The standard InChI is InChI=1S/C19H21ClN6O.C16H21BrClNO3.C15H17ClN2O.C8H13BN2O4.C5H6ClN3/c1-12-9-18(24-19(21)23-12)26-7-2-8-27-11-17(26)14-10-13(3-4-15(14)20)16-5-6-22-25-16;1-16(2,3)22-15(20)19-7-4-8-21-10-14(19)12-9-11(17)5-6-13(12)18;16-14-5-4-11(15-6-7-17-18-15)9-13(14)12-3-1-2-8-19-10-12;1-8(2,3)15-7(12)11-6(9(13)14)4-5-10-11;1-3-2-4(6)9-5(7)8-3/h3-6,9-10,17H,2,7-8,11H2,1H3,(H,22,25)(H2,21,23,24);5-6,9,14H,4,7-8,10H2,1-3H3;4-7,9,12H,1-3,8,10H2,(H,17,18);4-5,13-14H,1-3H3;2H,1H3,(H2,7,8,9). The zero-order chi connectivity index (χ0) is 66.7. The van der Waals surface area contributed by atoms with Crippen molar-refractivity contribution >= 4 is 105 Å². The predicted octanol–water partition coefficient (Wildman–Crippen LogP) is 12.6. The van der Waals surface area contributed by atoms with Crippen LogP contribution in [0.15, 0.2) is 108 Å². The molecule has 3 unspecified atom stereocenters. The summed E-state index contributed by atoms with van der Waals surface area (Å²) in [5.74, 6) is 1.68. The number of carbonyl (C=O) groups excluding carboxylic acids is 2. The van der Waals surface area contributed by atoms with E-state index >= 15 is 0 Å². The van der Waals surface area contributed by atoms with Crippen LogP contribution in [0.3, 0.4) is 0 Å². The Kier molecular flexibility index (Phi) is 27.0. The third kappa shape index (κ3) is 22.1. The average molecular weight is 1410 g/mol. The van der Waals surface area contributed by atoms with Crippen molar-refractivity contribution in [1.82, 2.24) is 55.0 Å². The third-order valence-corrected chi connectivity index (χ3v) is 15.7. The Hall–Kier alpha value is -6.91. The van der Waals surface area contributed by atoms with Crippen LogP contribution in [-0.2, 0) is 23.7 Å². The fraction of sp³-hybridized carbons (Fsp3) is 0.413. The number of H-pyrrole nitrogens is 2. The smallest absolute Gasteiger partial charge is 0.444 e. The summed E-state index contributed by atoms with van der Waals surface area (Å²) in [7, 11) is -1.75. The molecule has 0 spiro atoms. The van der Waals surface area contributed by atoms with Crippen LogP contribution in [0.1, 0.15) is 120 Å². The van der Waals surface area contributed by atoms with E-state index in [-0.39, 0.29) is 35.7 Å². The molecule has 29 heteroatoms. The molecule has 3 aliphatic rings. The second kappa shape index (κ2) is 34.3. The topological polar surface area (TPSA) is 306 Å². The molecule has 3 aliphatic heterocycles. The Balaban J connectivity index is 0.000000169. The number of anilines is 3. The first-order valence-corrected chi connectivity index (χ1v) is 32.1. The minimum atomic E-state index is -1.75. The van der Waals surface area contributed by atoms with E-state index in [1.165, 1.54) is 24.2 Å². The highest BCUT2D eigenvalue weighted by molar-refractivity contribution is 9.10. The molecule has 1 amide bonds. The number of benzene rings is 3. The molecular weight excluding hydrogens is 1330 g/mol. The summed E-state index contributed by atoms with van der Waals surface area (Å²) in [6.45, 7) is 19.7. The molecule has 3 atom stereocenters. The maximum atomic E-state index is 12.5. The molecule has 0 radical (unpaired) electrons. The van der Waals surface area contributed by atoms with Crippen molar-refractivity contribution in [2.45, 2.75) is 117 Å². The molecule has 0 aliphatic carbocycles. The van der Waals surface area contributed by atoms with Gasteiger partial charge in [-0.25, -0.2) is 24.5 Å². The zero-order valence-corrected chi connectivity index (χ0v) is 57.2. The van der Waals surface area contributed by atoms with E-state index in [2.05, 4.69) is 78.4 Å². The van der Waals surface area contributed by atoms with Gasteiger partial charge in [0.15, 0.2) is 0 Å². The SMILES string of the molecule is CC(C)(C)OC(=O)N1CCCOCC1c1cc(Br)ccc1Cl.CC(C)(C)OC(=O)n1nccc1B(O)O.Cc1cc(Cl)nc(N)n1.Cc1cc(N2CCCOCC2c2cc(-c3ccn[nH]3)ccc2Cl)nc(N)n1.Clc1ccc(-c2ccn[nH]2)cc1C1CCCCOC1. The van der Waals surface area contributed by atoms with Crippen molar-refractivity contribution in [3.63, 3.8) is 0 Å². The van der Waals surface area contributed by atoms with Gasteiger partial charge in [0, 0.05) is 94.4 Å². The Morgan fingerprint density at radius 1 is 0.620 bits per heavy atom. The van der Waals surface area contributed by atoms with Crippen molar-refractivity contribution in [2.75, 3.05) is 69.1 Å². The van der Waals surface area contributed by atoms with Crippen molar-refractivity contribution in [3.8, 4) is 22.5 Å². The number of hydrogen-bond donors (Lipinski definition) is 6. The maximum Gasteiger partial charge on any atom is 0.508 e. The molecular formula is C63H78BBrCl4N14O9. The van der Waals surface area contributed by atoms with Crippen LogP contribution in [0.25, 0.3) is 22.5 Å². The van der Waals surface area contributed by atoms with E-state index in [1.54, 1.807) is 44.1 Å². The molecule has 3 fully saturated rings. The molecule has 8 heterocycles. The zero-order valence-electron chi connectivity index (χ0n) is 52.6. The van der Waals surface area contributed by atoms with Gasteiger partial charge in [-0.05, 0) is 176 Å². The lowest BCUT2D eigenvalue weighted by Gasteiger charge is -2.32. The highest BCUT2D eigenvalue weighted by Gasteiger charge is 2.33. The third-order valence-electron chi connectivity index (χ3n) is 13.9. The molecule has 8 N–H and O–H groups in total. The Morgan fingerprint density at radius 2 is 1.15 bits per heavy atom. The average Bonchev–Trinajstić information content (AvgIpc) is 1.23. The second-order valence-electron chi connectivity index (χ2n) is 23.5. The van der Waals surface area contributed by atoms with Gasteiger partial charge in [-0.3, -0.25) is 15.1 Å². The minimum absolute atomic E-state index is 0.0238. The summed E-state index contributed by atoms with van der Waals surface area (Å²) in [6.07, 6.45) is 8.89. The van der Waals surface area contributed by atoms with Crippen LogP contribution in [-0.4, -0.2) is 148 Å². The van der Waals surface area contributed by atoms with Gasteiger partial charge in [0.1, 0.15) is 22.2 Å². The van der Waals surface area contributed by atoms with Crippen molar-refractivity contribution in [1.29, 1.82) is 0 Å². The van der Waals surface area contributed by atoms with Gasteiger partial charge in [0.25, 0.3) is 0 Å². The lowest BCUT2D eigenvalue weighted by Crippen LogP contribution is -2.41. The number of ether oxygens (including phenoxy) is 5. The number of rotatable bonds is 7. The largest absolute Gasteiger partial charge is 0.508 e. The fourth-order valence-electron chi connectivity index (χ4n) is 9.87. The lowest BCUT2D eigenvalue weighted by atomic mass is 9.86. The quantitative estimate of drug-likeness (QED) is 0.0638. The fourth-order valence-corrected chi connectivity index (χ4v) is 11.2. The van der Waals surface area contributed by atoms with Gasteiger partial charge in [-0.2, -0.15) is 25.0 Å². The van der Waals surface area contributed by atoms with E-state index < -0.39 is 24.4 Å². The molecule has 92 heavy (non-hydrogen) atoms. The highest BCUT2D eigenvalue weighted by atomic mass is 79.9. The van der Waals surface area contributed by atoms with Gasteiger partial charge in [0.2, 0.25) is 11.9 Å². The molecule has 0 saturated carbocycles. The first-order chi connectivity index (χ1) is 43.7. The minimum Gasteiger partial charge on any atom is -0.444 e. The molecule has 0 bridgehead atoms. The van der Waals surface area contributed by atoms with Crippen LogP contribution < -0.4 is 22.0 Å². The van der Waals surface area contributed by atoms with E-state index in [0.717, 1.165) is 110 Å². The summed E-state index contributed by atoms with van der Waals surface area (Å²) in [6, 6.07) is 26.3. The Labute approximate surface area is 564 Å². The van der Waals surface area contributed by atoms with Gasteiger partial charge in [-0.1, -0.05) is 80.9 Å². The number of carbonyl (C=O) groups is 2. The first-order valence-electron chi connectivity index (χ1n) is 29.8. The number of nitrogen functional groups attached to an aromatic ring is 2. The number of nitrogens with one attached hydrogen (secondary N) is 2. The normalized spacial score (nSPS) is 16.8. The molecule has 492 valence electrons. The molecule has 5 aromatic heterocycles. The molecule has 3 saturated heterocycles. The summed E-state index contributed by atoms with van der Waals surface area (Å²) in [4.78, 5) is 44.1. The predicted molar refractivity (Wildman–Crippen MR) is 362 cm³/mol. The van der Waals surface area contributed by atoms with Crippen LogP contribution in [0, 0.1) is 13.8 Å². The van der Waals surface area contributed by atoms with Crippen molar-refractivity contribution < 1.29 is 43.3 Å². The number of nitrogens with zero attached hydrogens (tertiary/aromatic N) is 10. The van der Waals surface area contributed by atoms with Crippen molar-refractivity contribution in [3.05, 3.63) is 156 Å². The Bertz CT molecular complexity index is 3580. The summed E-state index contributed by atoms with van der Waals surface area (Å²) < 4.78 is 29.5. The molecule has 8 aromatic rings. The van der Waals surface area contributed by atoms with Gasteiger partial charge >= 0.3 is 19.3 Å². The number of aryl methyl sites for hydroxylation is 2. The summed E-state index contributed by atoms with van der Waals surface area (Å²) in [5, 5.41) is 38.1. The van der Waals surface area contributed by atoms with E-state index in [4.69, 9.17) is 91.6 Å². The molecule has 3 aromatic carbocycles. The van der Waals surface area contributed by atoms with Crippen LogP contribution >= 0.6 is 62.3 Å². The Morgan fingerprint density at radius 3 is 1.73 bits per heavy atom. The number of nitrogens with two attached hydrogens (primary N) is 2. The summed E-state index contributed by atoms with van der Waals surface area (Å²) in [5.41, 5.74) is 18.7. The number of halogens is 5. The number of aromatic nitrogens is 10. The van der Waals surface area contributed by atoms with Crippen LogP contribution in [0.2, 0.25) is 20.2 Å². The van der Waals surface area contributed by atoms with Crippen molar-refractivity contribution in [2.24, 2.45) is 0 Å². The van der Waals surface area contributed by atoms with Gasteiger partial charge in [-0.15, -0.1) is 0 Å². The number of amides is 1. The maximum absolute atomic E-state index is 12.5. The van der Waals surface area contributed by atoms with Crippen LogP contribution in [0.5, 0.6) is 0 Å². The summed E-state index contributed by atoms with van der Waals surface area (Å²) >= 11 is 28.3. The number of aromatic amines is 2. The van der Waals surface area contributed by atoms with E-state index in [0.29, 0.717) is 54.1 Å². The lowest BCUT2D eigenvalue weighted by molar-refractivity contribution is 0.0118.